The Morgan fingerprint density at radius 3 is 2.24 bits per heavy atom. The Hall–Kier alpha value is -1.22. The van der Waals surface area contributed by atoms with Gasteiger partial charge in [0.2, 0.25) is 0 Å². The molecular weight excluding hydrogens is 216 g/mol. The fraction of sp³-hybridized carbons (Fsp3) is 0.571. The minimum atomic E-state index is -0.802. The van der Waals surface area contributed by atoms with Gasteiger partial charge in [0.1, 0.15) is 0 Å². The molecule has 0 heterocycles. The Balaban J connectivity index is 2.59. The molecule has 0 bridgehead atoms. The Morgan fingerprint density at radius 1 is 1.24 bits per heavy atom. The summed E-state index contributed by atoms with van der Waals surface area (Å²) in [7, 11) is 1.51. The van der Waals surface area contributed by atoms with E-state index in [1.165, 1.54) is 7.11 Å². The molecule has 3 heteroatoms. The number of methoxy groups -OCH3 is 1. The predicted molar refractivity (Wildman–Crippen MR) is 66.5 cm³/mol. The van der Waals surface area contributed by atoms with Gasteiger partial charge in [-0.1, -0.05) is 20.8 Å². The highest BCUT2D eigenvalue weighted by atomic mass is 16.5. The number of aliphatic hydroxyl groups is 1. The minimum Gasteiger partial charge on any atom is -0.504 e. The number of rotatable bonds is 2. The van der Waals surface area contributed by atoms with E-state index in [1.54, 1.807) is 6.07 Å². The molecule has 3 nitrogen and oxygen atoms in total. The molecule has 1 aliphatic rings. The number of hydrogen-bond donors (Lipinski definition) is 2. The molecule has 1 fully saturated rings. The van der Waals surface area contributed by atoms with Crippen LogP contribution in [0.2, 0.25) is 0 Å². The van der Waals surface area contributed by atoms with Gasteiger partial charge in [0.05, 0.1) is 12.7 Å². The van der Waals surface area contributed by atoms with E-state index in [2.05, 4.69) is 20.8 Å². The summed E-state index contributed by atoms with van der Waals surface area (Å²) in [4.78, 5) is 0. The SMILES string of the molecule is COc1c(O)cc(C(C)(C)C)cc1C1(O)CC1. The second-order valence-corrected chi connectivity index (χ2v) is 5.86. The third kappa shape index (κ3) is 2.12. The largest absolute Gasteiger partial charge is 0.504 e. The summed E-state index contributed by atoms with van der Waals surface area (Å²) in [6.07, 6.45) is 1.47. The average molecular weight is 236 g/mol. The molecule has 0 atom stereocenters. The maximum atomic E-state index is 10.2. The molecule has 1 aromatic carbocycles. The Morgan fingerprint density at radius 2 is 1.82 bits per heavy atom. The van der Waals surface area contributed by atoms with E-state index in [-0.39, 0.29) is 11.2 Å². The van der Waals surface area contributed by atoms with Gasteiger partial charge in [0.15, 0.2) is 11.5 Å². The Labute approximate surface area is 102 Å². The first-order valence-electron chi connectivity index (χ1n) is 5.92. The van der Waals surface area contributed by atoms with Crippen LogP contribution in [0.3, 0.4) is 0 Å². The second-order valence-electron chi connectivity index (χ2n) is 5.86. The third-order valence-corrected chi connectivity index (χ3v) is 3.36. The zero-order valence-corrected chi connectivity index (χ0v) is 10.9. The standard InChI is InChI=1S/C14H20O3/c1-13(2,3)9-7-10(14(16)5-6-14)12(17-4)11(15)8-9/h7-8,15-16H,5-6H2,1-4H3. The maximum absolute atomic E-state index is 10.2. The van der Waals surface area contributed by atoms with Crippen molar-refractivity contribution >= 4 is 0 Å². The third-order valence-electron chi connectivity index (χ3n) is 3.36. The summed E-state index contributed by atoms with van der Waals surface area (Å²) < 4.78 is 5.20. The molecular formula is C14H20O3. The Bertz CT molecular complexity index is 440. The molecule has 0 radical (unpaired) electrons. The van der Waals surface area contributed by atoms with Crippen molar-refractivity contribution in [1.29, 1.82) is 0 Å². The molecule has 1 saturated carbocycles. The normalized spacial score (nSPS) is 17.9. The topological polar surface area (TPSA) is 49.7 Å². The lowest BCUT2D eigenvalue weighted by atomic mass is 9.85. The van der Waals surface area contributed by atoms with Crippen LogP contribution in [0, 0.1) is 0 Å². The van der Waals surface area contributed by atoms with Crippen LogP contribution in [0.4, 0.5) is 0 Å². The maximum Gasteiger partial charge on any atom is 0.166 e. The van der Waals surface area contributed by atoms with Gasteiger partial charge >= 0.3 is 0 Å². The first-order valence-corrected chi connectivity index (χ1v) is 5.92. The van der Waals surface area contributed by atoms with Crippen LogP contribution in [0.15, 0.2) is 12.1 Å². The smallest absolute Gasteiger partial charge is 0.166 e. The number of ether oxygens (including phenoxy) is 1. The van der Waals surface area contributed by atoms with Crippen LogP contribution in [0.1, 0.15) is 44.7 Å². The summed E-state index contributed by atoms with van der Waals surface area (Å²) in [6.45, 7) is 6.24. The Kier molecular flexibility index (Phi) is 2.62. The van der Waals surface area contributed by atoms with E-state index in [0.717, 1.165) is 18.4 Å². The quantitative estimate of drug-likeness (QED) is 0.830. The fourth-order valence-electron chi connectivity index (χ4n) is 1.99. The summed E-state index contributed by atoms with van der Waals surface area (Å²) in [6, 6.07) is 3.67. The van der Waals surface area contributed by atoms with Crippen LogP contribution in [-0.2, 0) is 11.0 Å². The van der Waals surface area contributed by atoms with Gasteiger partial charge in [-0.3, -0.25) is 0 Å². The molecule has 1 aliphatic carbocycles. The first kappa shape index (κ1) is 12.2. The summed E-state index contributed by atoms with van der Waals surface area (Å²) in [5.41, 5.74) is 0.851. The summed E-state index contributed by atoms with van der Waals surface area (Å²) >= 11 is 0. The van der Waals surface area contributed by atoms with E-state index in [1.807, 2.05) is 6.07 Å². The van der Waals surface area contributed by atoms with E-state index >= 15 is 0 Å². The zero-order valence-electron chi connectivity index (χ0n) is 10.9. The molecule has 1 aromatic rings. The molecule has 0 amide bonds. The van der Waals surface area contributed by atoms with Gasteiger partial charge < -0.3 is 14.9 Å². The van der Waals surface area contributed by atoms with Crippen LogP contribution < -0.4 is 4.74 Å². The van der Waals surface area contributed by atoms with Crippen LogP contribution in [0.5, 0.6) is 11.5 Å². The van der Waals surface area contributed by atoms with Crippen molar-refractivity contribution in [3.63, 3.8) is 0 Å². The lowest BCUT2D eigenvalue weighted by Crippen LogP contribution is -2.14. The van der Waals surface area contributed by atoms with Gasteiger partial charge in [-0.2, -0.15) is 0 Å². The summed E-state index contributed by atoms with van der Waals surface area (Å²) in [5.74, 6) is 0.508. The average Bonchev–Trinajstić information content (AvgIpc) is 2.95. The molecule has 94 valence electrons. The highest BCUT2D eigenvalue weighted by molar-refractivity contribution is 5.53. The highest BCUT2D eigenvalue weighted by Crippen LogP contribution is 2.52. The first-order chi connectivity index (χ1) is 7.78. The van der Waals surface area contributed by atoms with Crippen molar-refractivity contribution < 1.29 is 14.9 Å². The number of aromatic hydroxyl groups is 1. The van der Waals surface area contributed by atoms with Crippen molar-refractivity contribution in [2.45, 2.75) is 44.6 Å². The van der Waals surface area contributed by atoms with Crippen LogP contribution in [-0.4, -0.2) is 17.3 Å². The monoisotopic (exact) mass is 236 g/mol. The van der Waals surface area contributed by atoms with Gasteiger partial charge in [-0.25, -0.2) is 0 Å². The molecule has 0 aliphatic heterocycles. The van der Waals surface area contributed by atoms with Gasteiger partial charge in [0.25, 0.3) is 0 Å². The van der Waals surface area contributed by atoms with Crippen molar-refractivity contribution in [2.24, 2.45) is 0 Å². The number of hydrogen-bond acceptors (Lipinski definition) is 3. The number of benzene rings is 1. The van der Waals surface area contributed by atoms with E-state index in [9.17, 15) is 10.2 Å². The van der Waals surface area contributed by atoms with Gasteiger partial charge in [-0.15, -0.1) is 0 Å². The molecule has 2 N–H and O–H groups in total. The highest BCUT2D eigenvalue weighted by Gasteiger charge is 2.45. The van der Waals surface area contributed by atoms with Crippen molar-refractivity contribution in [1.82, 2.24) is 0 Å². The molecule has 0 unspecified atom stereocenters. The zero-order chi connectivity index (χ0) is 12.8. The van der Waals surface area contributed by atoms with Crippen LogP contribution >= 0.6 is 0 Å². The number of phenols is 1. The lowest BCUT2D eigenvalue weighted by molar-refractivity contribution is 0.146. The van der Waals surface area contributed by atoms with Crippen molar-refractivity contribution in [3.8, 4) is 11.5 Å². The second kappa shape index (κ2) is 3.64. The number of phenolic OH excluding ortho intramolecular Hbond substituents is 1. The van der Waals surface area contributed by atoms with Gasteiger partial charge in [-0.05, 0) is 36.0 Å². The molecule has 0 spiro atoms. The molecule has 0 aromatic heterocycles. The fourth-order valence-corrected chi connectivity index (χ4v) is 1.99. The van der Waals surface area contributed by atoms with E-state index in [4.69, 9.17) is 4.74 Å². The van der Waals surface area contributed by atoms with Crippen molar-refractivity contribution in [3.05, 3.63) is 23.3 Å². The minimum absolute atomic E-state index is 0.0657. The van der Waals surface area contributed by atoms with Crippen molar-refractivity contribution in [2.75, 3.05) is 7.11 Å². The van der Waals surface area contributed by atoms with E-state index < -0.39 is 5.60 Å². The predicted octanol–water partition coefficient (Wildman–Crippen LogP) is 2.68. The molecule has 0 saturated heterocycles. The lowest BCUT2D eigenvalue weighted by Gasteiger charge is -2.23. The van der Waals surface area contributed by atoms with E-state index in [0.29, 0.717) is 11.3 Å². The van der Waals surface area contributed by atoms with Gasteiger partial charge in [0, 0.05) is 5.56 Å². The molecule has 17 heavy (non-hydrogen) atoms. The summed E-state index contributed by atoms with van der Waals surface area (Å²) in [5, 5.41) is 20.2. The molecule has 2 rings (SSSR count). The van der Waals surface area contributed by atoms with Crippen LogP contribution in [0.25, 0.3) is 0 Å².